The van der Waals surface area contributed by atoms with Crippen LogP contribution in [0.5, 0.6) is 0 Å². The smallest absolute Gasteiger partial charge is 0.234 e. The Labute approximate surface area is 208 Å². The number of aliphatic imine (C=N–C) groups is 1. The normalized spacial score (nSPS) is 14.8. The first-order valence-electron chi connectivity index (χ1n) is 11.2. The third kappa shape index (κ3) is 9.20. The first-order chi connectivity index (χ1) is 15.1. The zero-order valence-corrected chi connectivity index (χ0v) is 21.5. The second-order valence-corrected chi connectivity index (χ2v) is 8.18. The van der Waals surface area contributed by atoms with E-state index in [2.05, 4.69) is 44.7 Å². The Bertz CT molecular complexity index is 803. The van der Waals surface area contributed by atoms with Crippen LogP contribution in [0.4, 0.5) is 0 Å². The number of carbonyl (C=O) groups excluding carboxylic acids is 1. The molecule has 8 heteroatoms. The number of piperazine rings is 1. The molecule has 1 saturated heterocycles. The monoisotopic (exact) mass is 553 g/mol. The van der Waals surface area contributed by atoms with Crippen LogP contribution in [0.2, 0.25) is 0 Å². The molecule has 7 nitrogen and oxygen atoms in total. The Morgan fingerprint density at radius 3 is 2.47 bits per heavy atom. The van der Waals surface area contributed by atoms with Crippen LogP contribution < -0.4 is 10.6 Å². The standard InChI is InChI=1S/C24H35N5O2.HI/c1-20(2)27-23(30)19-28-14-16-29(17-15-28)24(26-13-11-22-9-6-18-31-22)25-12-10-21-7-4-3-5-8-21;/h3-9,18,20H,10-17,19H2,1-2H3,(H,25,26)(H,27,30);1H. The van der Waals surface area contributed by atoms with E-state index in [4.69, 9.17) is 9.41 Å². The van der Waals surface area contributed by atoms with Gasteiger partial charge < -0.3 is 20.0 Å². The van der Waals surface area contributed by atoms with Gasteiger partial charge in [0.25, 0.3) is 0 Å². The molecule has 0 radical (unpaired) electrons. The van der Waals surface area contributed by atoms with Gasteiger partial charge in [0.15, 0.2) is 5.96 Å². The van der Waals surface area contributed by atoms with E-state index < -0.39 is 0 Å². The summed E-state index contributed by atoms with van der Waals surface area (Å²) in [5.41, 5.74) is 1.31. The van der Waals surface area contributed by atoms with Crippen molar-refractivity contribution in [1.29, 1.82) is 0 Å². The first kappa shape index (κ1) is 26.2. The van der Waals surface area contributed by atoms with E-state index in [-0.39, 0.29) is 35.9 Å². The summed E-state index contributed by atoms with van der Waals surface area (Å²) >= 11 is 0. The summed E-state index contributed by atoms with van der Waals surface area (Å²) in [6, 6.07) is 14.6. The SMILES string of the molecule is CC(C)NC(=O)CN1CCN(C(=NCCc2ccco2)NCCc2ccccc2)CC1.I. The molecule has 1 aliphatic heterocycles. The van der Waals surface area contributed by atoms with Gasteiger partial charge in [0.05, 0.1) is 12.8 Å². The van der Waals surface area contributed by atoms with Gasteiger partial charge in [-0.3, -0.25) is 14.7 Å². The third-order valence-corrected chi connectivity index (χ3v) is 5.23. The van der Waals surface area contributed by atoms with Crippen LogP contribution in [-0.4, -0.2) is 73.5 Å². The summed E-state index contributed by atoms with van der Waals surface area (Å²) in [5, 5.41) is 6.52. The number of halogens is 1. The summed E-state index contributed by atoms with van der Waals surface area (Å²) in [6.07, 6.45) is 3.44. The summed E-state index contributed by atoms with van der Waals surface area (Å²) in [6.45, 7) is 9.36. The number of benzene rings is 1. The summed E-state index contributed by atoms with van der Waals surface area (Å²) in [7, 11) is 0. The van der Waals surface area contributed by atoms with Gasteiger partial charge in [-0.25, -0.2) is 0 Å². The van der Waals surface area contributed by atoms with E-state index in [1.165, 1.54) is 5.56 Å². The largest absolute Gasteiger partial charge is 0.469 e. The predicted octanol–water partition coefficient (Wildman–Crippen LogP) is 2.77. The fraction of sp³-hybridized carbons (Fsp3) is 0.500. The highest BCUT2D eigenvalue weighted by Crippen LogP contribution is 2.05. The van der Waals surface area contributed by atoms with E-state index in [0.717, 1.165) is 57.3 Å². The number of nitrogens with one attached hydrogen (secondary N) is 2. The minimum atomic E-state index is 0. The molecule has 0 spiro atoms. The molecule has 1 fully saturated rings. The number of guanidine groups is 1. The zero-order valence-electron chi connectivity index (χ0n) is 19.1. The minimum Gasteiger partial charge on any atom is -0.469 e. The molecule has 0 saturated carbocycles. The Morgan fingerprint density at radius 1 is 1.06 bits per heavy atom. The van der Waals surface area contributed by atoms with Crippen molar-refractivity contribution in [2.75, 3.05) is 45.8 Å². The first-order valence-corrected chi connectivity index (χ1v) is 11.2. The molecule has 1 aromatic carbocycles. The lowest BCUT2D eigenvalue weighted by Gasteiger charge is -2.36. The molecule has 2 heterocycles. The Morgan fingerprint density at radius 2 is 1.81 bits per heavy atom. The molecule has 1 aromatic heterocycles. The third-order valence-electron chi connectivity index (χ3n) is 5.23. The average molecular weight is 553 g/mol. The van der Waals surface area contributed by atoms with Crippen molar-refractivity contribution in [3.05, 3.63) is 60.1 Å². The van der Waals surface area contributed by atoms with Gasteiger partial charge in [0.1, 0.15) is 5.76 Å². The molecular formula is C24H36IN5O2. The molecule has 0 aliphatic carbocycles. The lowest BCUT2D eigenvalue weighted by atomic mass is 10.1. The maximum atomic E-state index is 12.1. The van der Waals surface area contributed by atoms with Crippen LogP contribution in [0.15, 0.2) is 58.1 Å². The van der Waals surface area contributed by atoms with E-state index in [9.17, 15) is 4.79 Å². The summed E-state index contributed by atoms with van der Waals surface area (Å²) < 4.78 is 5.43. The van der Waals surface area contributed by atoms with Crippen LogP contribution >= 0.6 is 24.0 Å². The van der Waals surface area contributed by atoms with Gasteiger partial charge in [0.2, 0.25) is 5.91 Å². The molecule has 0 unspecified atom stereocenters. The summed E-state index contributed by atoms with van der Waals surface area (Å²) in [4.78, 5) is 21.4. The molecule has 2 N–H and O–H groups in total. The van der Waals surface area contributed by atoms with Crippen molar-refractivity contribution in [3.63, 3.8) is 0 Å². The van der Waals surface area contributed by atoms with Gasteiger partial charge in [-0.05, 0) is 38.0 Å². The van der Waals surface area contributed by atoms with Gasteiger partial charge >= 0.3 is 0 Å². The van der Waals surface area contributed by atoms with Crippen LogP contribution in [0, 0.1) is 0 Å². The molecule has 1 amide bonds. The number of nitrogens with zero attached hydrogens (tertiary/aromatic N) is 3. The molecule has 2 aromatic rings. The molecule has 1 aliphatic rings. The van der Waals surface area contributed by atoms with E-state index in [0.29, 0.717) is 13.1 Å². The Balaban J connectivity index is 0.00000363. The average Bonchev–Trinajstić information content (AvgIpc) is 3.27. The highest BCUT2D eigenvalue weighted by atomic mass is 127. The Kier molecular flexibility index (Phi) is 11.6. The van der Waals surface area contributed by atoms with Crippen LogP contribution in [-0.2, 0) is 17.6 Å². The van der Waals surface area contributed by atoms with Crippen molar-refractivity contribution < 1.29 is 9.21 Å². The van der Waals surface area contributed by atoms with Crippen molar-refractivity contribution in [2.24, 2.45) is 4.99 Å². The molecule has 0 atom stereocenters. The van der Waals surface area contributed by atoms with E-state index >= 15 is 0 Å². The fourth-order valence-electron chi connectivity index (χ4n) is 3.65. The van der Waals surface area contributed by atoms with Crippen molar-refractivity contribution in [3.8, 4) is 0 Å². The van der Waals surface area contributed by atoms with Gasteiger partial charge in [-0.1, -0.05) is 30.3 Å². The number of rotatable bonds is 9. The highest BCUT2D eigenvalue weighted by Gasteiger charge is 2.21. The number of furan rings is 1. The van der Waals surface area contributed by atoms with Gasteiger partial charge in [-0.15, -0.1) is 24.0 Å². The van der Waals surface area contributed by atoms with Crippen LogP contribution in [0.1, 0.15) is 25.2 Å². The Hall–Kier alpha value is -2.07. The second-order valence-electron chi connectivity index (χ2n) is 8.18. The highest BCUT2D eigenvalue weighted by molar-refractivity contribution is 14.0. The molecule has 32 heavy (non-hydrogen) atoms. The maximum Gasteiger partial charge on any atom is 0.234 e. The van der Waals surface area contributed by atoms with Crippen molar-refractivity contribution in [2.45, 2.75) is 32.7 Å². The number of hydrogen-bond acceptors (Lipinski definition) is 4. The second kappa shape index (κ2) is 14.2. The molecular weight excluding hydrogens is 517 g/mol. The van der Waals surface area contributed by atoms with Crippen LogP contribution in [0.3, 0.4) is 0 Å². The maximum absolute atomic E-state index is 12.1. The molecule has 176 valence electrons. The molecule has 0 bridgehead atoms. The number of carbonyl (C=O) groups is 1. The van der Waals surface area contributed by atoms with Crippen LogP contribution in [0.25, 0.3) is 0 Å². The minimum absolute atomic E-state index is 0. The van der Waals surface area contributed by atoms with Crippen molar-refractivity contribution in [1.82, 2.24) is 20.4 Å². The lowest BCUT2D eigenvalue weighted by Crippen LogP contribution is -2.54. The van der Waals surface area contributed by atoms with Gasteiger partial charge in [-0.2, -0.15) is 0 Å². The topological polar surface area (TPSA) is 73.1 Å². The summed E-state index contributed by atoms with van der Waals surface area (Å²) in [5.74, 6) is 1.99. The molecule has 3 rings (SSSR count). The fourth-order valence-corrected chi connectivity index (χ4v) is 3.65. The zero-order chi connectivity index (χ0) is 21.9. The number of amides is 1. The number of hydrogen-bond donors (Lipinski definition) is 2. The quantitative estimate of drug-likeness (QED) is 0.284. The van der Waals surface area contributed by atoms with Gasteiger partial charge in [0, 0.05) is 51.7 Å². The van der Waals surface area contributed by atoms with E-state index in [1.54, 1.807) is 6.26 Å². The predicted molar refractivity (Wildman–Crippen MR) is 140 cm³/mol. The van der Waals surface area contributed by atoms with E-state index in [1.807, 2.05) is 32.0 Å². The lowest BCUT2D eigenvalue weighted by molar-refractivity contribution is -0.123. The van der Waals surface area contributed by atoms with Crippen molar-refractivity contribution >= 4 is 35.8 Å².